The van der Waals surface area contributed by atoms with Gasteiger partial charge < -0.3 is 15.5 Å². The fourth-order valence-electron chi connectivity index (χ4n) is 2.91. The van der Waals surface area contributed by atoms with Crippen molar-refractivity contribution in [3.8, 4) is 0 Å². The zero-order valence-electron chi connectivity index (χ0n) is 13.1. The molecule has 0 bridgehead atoms. The normalized spacial score (nSPS) is 15.6. The topological polar surface area (TPSA) is 49.6 Å². The second kappa shape index (κ2) is 7.91. The standard InChI is InChI=1S/C17H27N3O/c1-2-11-20(16-10-6-5-9-15(16)18)14-17(21)19-12-7-3-4-8-13-19/h5-6,9-10H,2-4,7-8,11-14,18H2,1H3. The molecule has 0 radical (unpaired) electrons. The van der Waals surface area contributed by atoms with Gasteiger partial charge in [0.05, 0.1) is 17.9 Å². The van der Waals surface area contributed by atoms with Crippen LogP contribution in [0.4, 0.5) is 11.4 Å². The molecule has 0 unspecified atom stereocenters. The van der Waals surface area contributed by atoms with Crippen LogP contribution in [0.5, 0.6) is 0 Å². The van der Waals surface area contributed by atoms with Gasteiger partial charge in [-0.1, -0.05) is 31.9 Å². The first-order chi connectivity index (χ1) is 10.2. The summed E-state index contributed by atoms with van der Waals surface area (Å²) in [6.07, 6.45) is 5.75. The van der Waals surface area contributed by atoms with Crippen molar-refractivity contribution in [3.63, 3.8) is 0 Å². The Balaban J connectivity index is 2.05. The second-order valence-corrected chi connectivity index (χ2v) is 5.78. The van der Waals surface area contributed by atoms with E-state index in [-0.39, 0.29) is 5.91 Å². The molecule has 1 amide bonds. The lowest BCUT2D eigenvalue weighted by Crippen LogP contribution is -2.41. The van der Waals surface area contributed by atoms with Crippen LogP contribution in [-0.4, -0.2) is 37.0 Å². The van der Waals surface area contributed by atoms with Crippen molar-refractivity contribution in [2.24, 2.45) is 0 Å². The van der Waals surface area contributed by atoms with Crippen LogP contribution in [0.15, 0.2) is 24.3 Å². The van der Waals surface area contributed by atoms with Gasteiger partial charge in [-0.05, 0) is 31.4 Å². The molecule has 1 heterocycles. The molecule has 2 N–H and O–H groups in total. The average molecular weight is 289 g/mol. The number of carbonyl (C=O) groups excluding carboxylic acids is 1. The van der Waals surface area contributed by atoms with Crippen LogP contribution < -0.4 is 10.6 Å². The van der Waals surface area contributed by atoms with E-state index in [0.29, 0.717) is 6.54 Å². The van der Waals surface area contributed by atoms with E-state index in [9.17, 15) is 4.79 Å². The molecule has 4 nitrogen and oxygen atoms in total. The molecule has 0 aromatic heterocycles. The van der Waals surface area contributed by atoms with Gasteiger partial charge >= 0.3 is 0 Å². The van der Waals surface area contributed by atoms with Crippen molar-refractivity contribution in [2.45, 2.75) is 39.0 Å². The molecule has 1 aromatic rings. The van der Waals surface area contributed by atoms with Crippen molar-refractivity contribution in [2.75, 3.05) is 36.8 Å². The predicted octanol–water partition coefficient (Wildman–Crippen LogP) is 2.89. The predicted molar refractivity (Wildman–Crippen MR) is 88.4 cm³/mol. The molecule has 0 spiro atoms. The molecule has 1 aliphatic heterocycles. The number of hydrogen-bond acceptors (Lipinski definition) is 3. The molecular weight excluding hydrogens is 262 g/mol. The Hall–Kier alpha value is -1.71. The summed E-state index contributed by atoms with van der Waals surface area (Å²) >= 11 is 0. The zero-order chi connectivity index (χ0) is 15.1. The van der Waals surface area contributed by atoms with E-state index in [4.69, 9.17) is 5.73 Å². The molecule has 1 aromatic carbocycles. The molecule has 116 valence electrons. The van der Waals surface area contributed by atoms with Crippen LogP contribution >= 0.6 is 0 Å². The Labute approximate surface area is 127 Å². The van der Waals surface area contributed by atoms with Gasteiger partial charge in [-0.2, -0.15) is 0 Å². The Bertz CT molecular complexity index is 453. The molecule has 1 aliphatic rings. The number of para-hydroxylation sites is 2. The van der Waals surface area contributed by atoms with Crippen LogP contribution in [0.3, 0.4) is 0 Å². The summed E-state index contributed by atoms with van der Waals surface area (Å²) < 4.78 is 0. The van der Waals surface area contributed by atoms with Crippen LogP contribution in [0, 0.1) is 0 Å². The summed E-state index contributed by atoms with van der Waals surface area (Å²) in [6.45, 7) is 5.23. The lowest BCUT2D eigenvalue weighted by Gasteiger charge is -2.28. The third-order valence-electron chi connectivity index (χ3n) is 4.06. The van der Waals surface area contributed by atoms with Gasteiger partial charge in [0.25, 0.3) is 0 Å². The molecular formula is C17H27N3O. The first kappa shape index (κ1) is 15.7. The number of anilines is 2. The van der Waals surface area contributed by atoms with Crippen molar-refractivity contribution in [1.82, 2.24) is 4.90 Å². The van der Waals surface area contributed by atoms with Gasteiger partial charge in [0, 0.05) is 19.6 Å². The van der Waals surface area contributed by atoms with Crippen LogP contribution in [-0.2, 0) is 4.79 Å². The highest BCUT2D eigenvalue weighted by Crippen LogP contribution is 2.23. The fraction of sp³-hybridized carbons (Fsp3) is 0.588. The number of carbonyl (C=O) groups is 1. The van der Waals surface area contributed by atoms with Gasteiger partial charge in [0.2, 0.25) is 5.91 Å². The van der Waals surface area contributed by atoms with E-state index < -0.39 is 0 Å². The largest absolute Gasteiger partial charge is 0.397 e. The summed E-state index contributed by atoms with van der Waals surface area (Å²) in [4.78, 5) is 16.7. The first-order valence-electron chi connectivity index (χ1n) is 8.09. The maximum Gasteiger partial charge on any atom is 0.242 e. The van der Waals surface area contributed by atoms with Crippen molar-refractivity contribution < 1.29 is 4.79 Å². The minimum Gasteiger partial charge on any atom is -0.397 e. The summed E-state index contributed by atoms with van der Waals surface area (Å²) in [5.41, 5.74) is 7.78. The Morgan fingerprint density at radius 1 is 1.19 bits per heavy atom. The maximum absolute atomic E-state index is 12.6. The number of amides is 1. The lowest BCUT2D eigenvalue weighted by atomic mass is 10.2. The molecule has 1 fully saturated rings. The first-order valence-corrected chi connectivity index (χ1v) is 8.09. The van der Waals surface area contributed by atoms with E-state index in [0.717, 1.165) is 50.3 Å². The Morgan fingerprint density at radius 2 is 1.86 bits per heavy atom. The molecule has 1 saturated heterocycles. The van der Waals surface area contributed by atoms with E-state index in [2.05, 4.69) is 11.8 Å². The van der Waals surface area contributed by atoms with E-state index >= 15 is 0 Å². The minimum absolute atomic E-state index is 0.230. The second-order valence-electron chi connectivity index (χ2n) is 5.78. The molecule has 2 rings (SSSR count). The average Bonchev–Trinajstić information content (AvgIpc) is 2.76. The van der Waals surface area contributed by atoms with E-state index in [1.165, 1.54) is 12.8 Å². The summed E-state index contributed by atoms with van der Waals surface area (Å²) in [5.74, 6) is 0.230. The third-order valence-corrected chi connectivity index (χ3v) is 4.06. The maximum atomic E-state index is 12.6. The number of nitrogens with two attached hydrogens (primary N) is 1. The van der Waals surface area contributed by atoms with Gasteiger partial charge in [-0.25, -0.2) is 0 Å². The smallest absolute Gasteiger partial charge is 0.242 e. The van der Waals surface area contributed by atoms with E-state index in [1.807, 2.05) is 29.2 Å². The number of hydrogen-bond donors (Lipinski definition) is 1. The summed E-state index contributed by atoms with van der Waals surface area (Å²) in [6, 6.07) is 7.81. The summed E-state index contributed by atoms with van der Waals surface area (Å²) in [5, 5.41) is 0. The third kappa shape index (κ3) is 4.38. The molecule has 4 heteroatoms. The monoisotopic (exact) mass is 289 g/mol. The minimum atomic E-state index is 0.230. The molecule has 0 atom stereocenters. The zero-order valence-corrected chi connectivity index (χ0v) is 13.1. The SMILES string of the molecule is CCCN(CC(=O)N1CCCCCC1)c1ccccc1N. The van der Waals surface area contributed by atoms with Gasteiger partial charge in [-0.15, -0.1) is 0 Å². The number of benzene rings is 1. The highest BCUT2D eigenvalue weighted by atomic mass is 16.2. The fourth-order valence-corrected chi connectivity index (χ4v) is 2.91. The Kier molecular flexibility index (Phi) is 5.90. The number of rotatable bonds is 5. The Morgan fingerprint density at radius 3 is 2.48 bits per heavy atom. The molecule has 0 saturated carbocycles. The van der Waals surface area contributed by atoms with Gasteiger partial charge in [-0.3, -0.25) is 4.79 Å². The van der Waals surface area contributed by atoms with Gasteiger partial charge in [0.15, 0.2) is 0 Å². The quantitative estimate of drug-likeness (QED) is 0.848. The number of nitrogens with zero attached hydrogens (tertiary/aromatic N) is 2. The number of likely N-dealkylation sites (tertiary alicyclic amines) is 1. The lowest BCUT2D eigenvalue weighted by molar-refractivity contribution is -0.129. The van der Waals surface area contributed by atoms with Crippen molar-refractivity contribution >= 4 is 17.3 Å². The molecule has 0 aliphatic carbocycles. The van der Waals surface area contributed by atoms with Gasteiger partial charge in [0.1, 0.15) is 0 Å². The highest BCUT2D eigenvalue weighted by Gasteiger charge is 2.19. The van der Waals surface area contributed by atoms with Crippen LogP contribution in [0.25, 0.3) is 0 Å². The van der Waals surface area contributed by atoms with Crippen molar-refractivity contribution in [3.05, 3.63) is 24.3 Å². The van der Waals surface area contributed by atoms with E-state index in [1.54, 1.807) is 0 Å². The van der Waals surface area contributed by atoms with Crippen LogP contribution in [0.1, 0.15) is 39.0 Å². The molecule has 21 heavy (non-hydrogen) atoms. The van der Waals surface area contributed by atoms with Crippen molar-refractivity contribution in [1.29, 1.82) is 0 Å². The van der Waals surface area contributed by atoms with Crippen LogP contribution in [0.2, 0.25) is 0 Å². The number of nitrogen functional groups attached to an aromatic ring is 1. The highest BCUT2D eigenvalue weighted by molar-refractivity contribution is 5.83. The summed E-state index contributed by atoms with van der Waals surface area (Å²) in [7, 11) is 0.